The van der Waals surface area contributed by atoms with E-state index >= 15 is 0 Å². The van der Waals surface area contributed by atoms with Crippen LogP contribution in [0.1, 0.15) is 57.1 Å². The predicted octanol–water partition coefficient (Wildman–Crippen LogP) is 4.35. The highest BCUT2D eigenvalue weighted by atomic mass is 19.4. The zero-order valence-electron chi connectivity index (χ0n) is 17.9. The minimum Gasteiger partial charge on any atom is -0.400 e. The van der Waals surface area contributed by atoms with E-state index in [-0.39, 0.29) is 18.5 Å². The molecular formula is C22H33F3N4O. The first kappa shape index (κ1) is 23.0. The van der Waals surface area contributed by atoms with Gasteiger partial charge in [-0.25, -0.2) is 4.98 Å². The monoisotopic (exact) mass is 426 g/mol. The van der Waals surface area contributed by atoms with Crippen molar-refractivity contribution in [2.75, 3.05) is 20.2 Å². The third kappa shape index (κ3) is 4.64. The van der Waals surface area contributed by atoms with E-state index in [1.54, 1.807) is 7.05 Å². The molecule has 2 aromatic rings. The second-order valence-electron chi connectivity index (χ2n) is 8.58. The lowest BCUT2D eigenvalue weighted by Gasteiger charge is -2.33. The van der Waals surface area contributed by atoms with E-state index in [0.717, 1.165) is 18.9 Å². The second-order valence-corrected chi connectivity index (χ2v) is 8.58. The Kier molecular flexibility index (Phi) is 7.39. The number of alkyl halides is 3. The maximum absolute atomic E-state index is 13.0. The van der Waals surface area contributed by atoms with Crippen molar-refractivity contribution in [3.05, 3.63) is 24.2 Å². The molecule has 2 aromatic heterocycles. The van der Waals surface area contributed by atoms with Crippen LogP contribution >= 0.6 is 0 Å². The molecule has 0 aromatic carbocycles. The van der Waals surface area contributed by atoms with Gasteiger partial charge in [-0.2, -0.15) is 13.2 Å². The van der Waals surface area contributed by atoms with Crippen LogP contribution in [0.3, 0.4) is 0 Å². The van der Waals surface area contributed by atoms with Crippen LogP contribution < -0.4 is 5.32 Å². The molecule has 5 rings (SSSR count). The number of hydrogen-bond acceptors (Lipinski definition) is 4. The SMILES string of the molecule is C1CCC(C2CCC2)CNC1.CO.Cn1c(C2(C(F)(F)F)CC2)cc2nccnc21. The maximum atomic E-state index is 13.0. The summed E-state index contributed by atoms with van der Waals surface area (Å²) >= 11 is 0. The van der Waals surface area contributed by atoms with E-state index in [0.29, 0.717) is 11.2 Å². The molecule has 3 fully saturated rings. The van der Waals surface area contributed by atoms with E-state index in [9.17, 15) is 13.2 Å². The average Bonchev–Trinajstić information content (AvgIpc) is 3.48. The Labute approximate surface area is 176 Å². The van der Waals surface area contributed by atoms with Crippen LogP contribution in [-0.2, 0) is 12.5 Å². The Bertz CT molecular complexity index is 804. The van der Waals surface area contributed by atoms with Crippen molar-refractivity contribution < 1.29 is 18.3 Å². The van der Waals surface area contributed by atoms with E-state index in [1.165, 1.54) is 74.6 Å². The van der Waals surface area contributed by atoms with Crippen molar-refractivity contribution in [2.45, 2.75) is 63.0 Å². The van der Waals surface area contributed by atoms with E-state index in [1.807, 2.05) is 0 Å². The van der Waals surface area contributed by atoms with Gasteiger partial charge >= 0.3 is 6.18 Å². The molecule has 0 radical (unpaired) electrons. The molecule has 2 N–H and O–H groups in total. The standard InChI is InChI=1S/C11H10F3N3.C10H19N.CH4O/c1-17-8(10(2-3-10)11(12,13)14)6-7-9(17)16-5-4-15-7;1-2-7-11-8-10(4-1)9-5-3-6-9;1-2/h4-6H,2-3H2,1H3;9-11H,1-8H2;2H,1H3. The zero-order valence-corrected chi connectivity index (χ0v) is 17.9. The summed E-state index contributed by atoms with van der Waals surface area (Å²) < 4.78 is 40.6. The van der Waals surface area contributed by atoms with Gasteiger partial charge in [-0.15, -0.1) is 0 Å². The highest BCUT2D eigenvalue weighted by Gasteiger charge is 2.65. The van der Waals surface area contributed by atoms with Crippen molar-refractivity contribution in [3.63, 3.8) is 0 Å². The largest absolute Gasteiger partial charge is 0.400 e. The van der Waals surface area contributed by atoms with Gasteiger partial charge in [0.25, 0.3) is 0 Å². The summed E-state index contributed by atoms with van der Waals surface area (Å²) in [5.41, 5.74) is -0.394. The third-order valence-corrected chi connectivity index (χ3v) is 6.84. The van der Waals surface area contributed by atoms with Gasteiger partial charge in [0.1, 0.15) is 10.9 Å². The number of aromatic nitrogens is 3. The molecule has 0 bridgehead atoms. The van der Waals surface area contributed by atoms with Crippen LogP contribution in [0.4, 0.5) is 13.2 Å². The van der Waals surface area contributed by atoms with Gasteiger partial charge in [0.05, 0.1) is 0 Å². The molecule has 3 aliphatic rings. The molecule has 168 valence electrons. The second kappa shape index (κ2) is 9.64. The lowest BCUT2D eigenvalue weighted by atomic mass is 9.74. The number of aryl methyl sites for hydroxylation is 1. The van der Waals surface area contributed by atoms with Crippen LogP contribution in [0.5, 0.6) is 0 Å². The fourth-order valence-corrected chi connectivity index (χ4v) is 4.67. The Morgan fingerprint density at radius 1 is 1.03 bits per heavy atom. The van der Waals surface area contributed by atoms with Gasteiger partial charge in [-0.1, -0.05) is 25.7 Å². The van der Waals surface area contributed by atoms with Gasteiger partial charge in [0.15, 0.2) is 5.65 Å². The highest BCUT2D eigenvalue weighted by molar-refractivity contribution is 5.73. The zero-order chi connectivity index (χ0) is 21.8. The molecular weight excluding hydrogens is 393 g/mol. The van der Waals surface area contributed by atoms with Crippen molar-refractivity contribution in [1.29, 1.82) is 0 Å². The minimum absolute atomic E-state index is 0.153. The topological polar surface area (TPSA) is 63.0 Å². The summed E-state index contributed by atoms with van der Waals surface area (Å²) in [5.74, 6) is 2.13. The van der Waals surface area contributed by atoms with Crippen molar-refractivity contribution in [3.8, 4) is 0 Å². The van der Waals surface area contributed by atoms with Crippen LogP contribution in [0, 0.1) is 11.8 Å². The lowest BCUT2D eigenvalue weighted by Crippen LogP contribution is -2.30. The van der Waals surface area contributed by atoms with Crippen LogP contribution in [0.25, 0.3) is 11.2 Å². The fourth-order valence-electron chi connectivity index (χ4n) is 4.67. The van der Waals surface area contributed by atoms with Gasteiger partial charge in [0.2, 0.25) is 0 Å². The number of aliphatic hydroxyl groups excluding tert-OH is 1. The number of nitrogens with one attached hydrogen (secondary N) is 1. The minimum atomic E-state index is -4.20. The first-order valence-corrected chi connectivity index (χ1v) is 10.9. The Balaban J connectivity index is 0.000000170. The normalized spacial score (nSPS) is 23.3. The summed E-state index contributed by atoms with van der Waals surface area (Å²) in [4.78, 5) is 8.09. The first-order valence-electron chi connectivity index (χ1n) is 10.9. The lowest BCUT2D eigenvalue weighted by molar-refractivity contribution is -0.162. The Morgan fingerprint density at radius 2 is 1.70 bits per heavy atom. The molecule has 1 saturated heterocycles. The number of rotatable bonds is 2. The number of halogens is 3. The molecule has 2 saturated carbocycles. The van der Waals surface area contributed by atoms with Gasteiger partial charge in [-0.05, 0) is 56.7 Å². The Morgan fingerprint density at radius 3 is 2.27 bits per heavy atom. The van der Waals surface area contributed by atoms with Gasteiger partial charge < -0.3 is 15.0 Å². The van der Waals surface area contributed by atoms with Crippen LogP contribution in [-0.4, -0.2) is 46.0 Å². The van der Waals surface area contributed by atoms with Crippen molar-refractivity contribution in [2.24, 2.45) is 18.9 Å². The predicted molar refractivity (Wildman–Crippen MR) is 111 cm³/mol. The van der Waals surface area contributed by atoms with E-state index < -0.39 is 11.6 Å². The fraction of sp³-hybridized carbons (Fsp3) is 0.727. The number of hydrogen-bond donors (Lipinski definition) is 2. The molecule has 1 atom stereocenters. The smallest absolute Gasteiger partial charge is 0.399 e. The van der Waals surface area contributed by atoms with Gasteiger partial charge in [-0.3, -0.25) is 4.98 Å². The maximum Gasteiger partial charge on any atom is 0.399 e. The molecule has 3 heterocycles. The van der Waals surface area contributed by atoms with Crippen molar-refractivity contribution >= 4 is 11.2 Å². The summed E-state index contributed by atoms with van der Waals surface area (Å²) in [6.07, 6.45) is 7.99. The summed E-state index contributed by atoms with van der Waals surface area (Å²) in [5, 5.41) is 10.5. The van der Waals surface area contributed by atoms with E-state index in [2.05, 4.69) is 15.3 Å². The van der Waals surface area contributed by atoms with E-state index in [4.69, 9.17) is 5.11 Å². The molecule has 2 aliphatic carbocycles. The summed E-state index contributed by atoms with van der Waals surface area (Å²) in [6.45, 7) is 2.58. The van der Waals surface area contributed by atoms with Crippen LogP contribution in [0.15, 0.2) is 18.5 Å². The number of aliphatic hydroxyl groups is 1. The highest BCUT2D eigenvalue weighted by Crippen LogP contribution is 2.59. The molecule has 1 aliphatic heterocycles. The van der Waals surface area contributed by atoms with Gasteiger partial charge in [0, 0.05) is 32.2 Å². The Hall–Kier alpha value is -1.67. The van der Waals surface area contributed by atoms with Crippen molar-refractivity contribution in [1.82, 2.24) is 19.9 Å². The quantitative estimate of drug-likeness (QED) is 0.750. The molecule has 8 heteroatoms. The third-order valence-electron chi connectivity index (χ3n) is 6.84. The number of nitrogens with zero attached hydrogens (tertiary/aromatic N) is 3. The number of fused-ring (bicyclic) bond motifs is 1. The molecule has 1 unspecified atom stereocenters. The van der Waals surface area contributed by atoms with Crippen LogP contribution in [0.2, 0.25) is 0 Å². The summed E-state index contributed by atoms with van der Waals surface area (Å²) in [7, 11) is 2.61. The summed E-state index contributed by atoms with van der Waals surface area (Å²) in [6, 6.07) is 1.50. The molecule has 0 spiro atoms. The molecule has 5 nitrogen and oxygen atoms in total. The molecule has 0 amide bonds. The average molecular weight is 427 g/mol. The molecule has 30 heavy (non-hydrogen) atoms. The first-order chi connectivity index (χ1) is 14.4.